The summed E-state index contributed by atoms with van der Waals surface area (Å²) in [6.45, 7) is 11.9. The van der Waals surface area contributed by atoms with Gasteiger partial charge in [0.25, 0.3) is 0 Å². The molecule has 1 atom stereocenters. The minimum Gasteiger partial charge on any atom is -0.391 e. The molecule has 0 spiro atoms. The molecule has 1 aliphatic heterocycles. The van der Waals surface area contributed by atoms with Crippen molar-refractivity contribution in [3.8, 4) is 0 Å². The van der Waals surface area contributed by atoms with Gasteiger partial charge >= 0.3 is 0 Å². The molecule has 3 rings (SSSR count). The van der Waals surface area contributed by atoms with Gasteiger partial charge in [-0.1, -0.05) is 20.8 Å². The first-order valence-electron chi connectivity index (χ1n) is 8.33. The number of hydrogen-bond donors (Lipinski definition) is 1. The van der Waals surface area contributed by atoms with E-state index in [1.165, 1.54) is 12.8 Å². The first-order chi connectivity index (χ1) is 10.4. The Morgan fingerprint density at radius 1 is 1.14 bits per heavy atom. The topological polar surface area (TPSA) is 70.3 Å². The maximum Gasteiger partial charge on any atom is 0.165 e. The number of hydrogen-bond acceptors (Lipinski definition) is 6. The van der Waals surface area contributed by atoms with Crippen molar-refractivity contribution in [3.05, 3.63) is 5.82 Å². The molecule has 22 heavy (non-hydrogen) atoms. The van der Waals surface area contributed by atoms with Gasteiger partial charge in [-0.15, -0.1) is 5.10 Å². The van der Waals surface area contributed by atoms with E-state index in [0.717, 1.165) is 45.1 Å². The van der Waals surface area contributed by atoms with Gasteiger partial charge in [-0.3, -0.25) is 9.80 Å². The predicted molar refractivity (Wildman–Crippen MR) is 83.3 cm³/mol. The van der Waals surface area contributed by atoms with Crippen molar-refractivity contribution in [2.24, 2.45) is 5.41 Å². The van der Waals surface area contributed by atoms with Crippen LogP contribution in [0.3, 0.4) is 0 Å². The molecule has 1 aliphatic carbocycles. The predicted octanol–water partition coefficient (Wildman–Crippen LogP) is 0.533. The van der Waals surface area contributed by atoms with Crippen LogP contribution < -0.4 is 0 Å². The quantitative estimate of drug-likeness (QED) is 0.856. The van der Waals surface area contributed by atoms with Gasteiger partial charge in [0.05, 0.1) is 18.7 Å². The van der Waals surface area contributed by atoms with Crippen LogP contribution in [0.1, 0.15) is 45.5 Å². The van der Waals surface area contributed by atoms with E-state index in [1.807, 2.05) is 4.68 Å². The fourth-order valence-corrected chi connectivity index (χ4v) is 2.77. The summed E-state index contributed by atoms with van der Waals surface area (Å²) in [6.07, 6.45) is 2.13. The van der Waals surface area contributed by atoms with Gasteiger partial charge in [-0.2, -0.15) is 0 Å². The standard InChI is InChI=1S/C15H28N6O/c1-15(2,3)13(22)10-19-6-8-20(9-7-19)11-14-16-17-18-21(14)12-4-5-12/h12-13,22H,4-11H2,1-3H3/t13-/m1/s1. The minimum atomic E-state index is -0.277. The molecule has 7 heteroatoms. The highest BCUT2D eigenvalue weighted by molar-refractivity contribution is 4.91. The minimum absolute atomic E-state index is 0.0521. The molecular weight excluding hydrogens is 280 g/mol. The molecule has 124 valence electrons. The summed E-state index contributed by atoms with van der Waals surface area (Å²) in [5, 5.41) is 22.3. The van der Waals surface area contributed by atoms with Crippen LogP contribution in [0.2, 0.25) is 0 Å². The zero-order valence-corrected chi connectivity index (χ0v) is 13.9. The van der Waals surface area contributed by atoms with Crippen LogP contribution in [-0.2, 0) is 6.54 Å². The Kier molecular flexibility index (Phi) is 4.47. The number of β-amino-alcohol motifs (C(OH)–C–C–N with tert-alkyl or cyclic N) is 1. The second-order valence-electron chi connectivity index (χ2n) is 7.73. The number of piperazine rings is 1. The molecule has 0 bridgehead atoms. The molecule has 2 aliphatic rings. The maximum atomic E-state index is 10.2. The van der Waals surface area contributed by atoms with Gasteiger partial charge in [0.2, 0.25) is 0 Å². The molecule has 0 unspecified atom stereocenters. The molecule has 1 N–H and O–H groups in total. The van der Waals surface area contributed by atoms with E-state index in [1.54, 1.807) is 0 Å². The van der Waals surface area contributed by atoms with Crippen LogP contribution in [0.4, 0.5) is 0 Å². The number of aliphatic hydroxyl groups is 1. The van der Waals surface area contributed by atoms with E-state index < -0.39 is 0 Å². The summed E-state index contributed by atoms with van der Waals surface area (Å²) >= 11 is 0. The Bertz CT molecular complexity index is 484. The third-order valence-corrected chi connectivity index (χ3v) is 4.71. The molecule has 1 saturated heterocycles. The number of nitrogens with zero attached hydrogens (tertiary/aromatic N) is 6. The SMILES string of the molecule is CC(C)(C)[C@H](O)CN1CCN(Cc2nnnn2C2CC2)CC1. The van der Waals surface area contributed by atoms with Crippen molar-refractivity contribution < 1.29 is 5.11 Å². The summed E-state index contributed by atoms with van der Waals surface area (Å²) in [5.74, 6) is 0.991. The molecule has 1 aromatic heterocycles. The zero-order chi connectivity index (χ0) is 15.7. The van der Waals surface area contributed by atoms with Gasteiger partial charge in [0.15, 0.2) is 5.82 Å². The number of rotatable bonds is 5. The van der Waals surface area contributed by atoms with E-state index >= 15 is 0 Å². The van der Waals surface area contributed by atoms with E-state index in [-0.39, 0.29) is 11.5 Å². The Morgan fingerprint density at radius 3 is 2.36 bits per heavy atom. The fraction of sp³-hybridized carbons (Fsp3) is 0.933. The average Bonchev–Trinajstić information content (AvgIpc) is 3.20. The maximum absolute atomic E-state index is 10.2. The van der Waals surface area contributed by atoms with Crippen LogP contribution in [0.25, 0.3) is 0 Å². The highest BCUT2D eigenvalue weighted by atomic mass is 16.3. The molecule has 2 fully saturated rings. The smallest absolute Gasteiger partial charge is 0.165 e. The second kappa shape index (κ2) is 6.22. The second-order valence-corrected chi connectivity index (χ2v) is 7.73. The van der Waals surface area contributed by atoms with Gasteiger partial charge in [-0.05, 0) is 28.7 Å². The summed E-state index contributed by atoms with van der Waals surface area (Å²) in [4.78, 5) is 4.76. The van der Waals surface area contributed by atoms with Crippen molar-refractivity contribution in [3.63, 3.8) is 0 Å². The van der Waals surface area contributed by atoms with Crippen molar-refractivity contribution in [1.82, 2.24) is 30.0 Å². The lowest BCUT2D eigenvalue weighted by molar-refractivity contribution is 0.0121. The van der Waals surface area contributed by atoms with Gasteiger partial charge in [0.1, 0.15) is 0 Å². The van der Waals surface area contributed by atoms with E-state index in [0.29, 0.717) is 6.04 Å². The summed E-state index contributed by atoms with van der Waals surface area (Å²) < 4.78 is 2.00. The Labute approximate surface area is 132 Å². The zero-order valence-electron chi connectivity index (χ0n) is 13.9. The Hall–Kier alpha value is -1.05. The van der Waals surface area contributed by atoms with Gasteiger partial charge in [-0.25, -0.2) is 4.68 Å². The van der Waals surface area contributed by atoms with Crippen molar-refractivity contribution >= 4 is 0 Å². The van der Waals surface area contributed by atoms with Crippen LogP contribution in [0.15, 0.2) is 0 Å². The lowest BCUT2D eigenvalue weighted by Gasteiger charge is -2.37. The average molecular weight is 308 g/mol. The van der Waals surface area contributed by atoms with Crippen LogP contribution in [0, 0.1) is 5.41 Å². The van der Waals surface area contributed by atoms with Crippen molar-refractivity contribution in [2.45, 2.75) is 52.3 Å². The molecule has 0 aromatic carbocycles. The lowest BCUT2D eigenvalue weighted by atomic mass is 9.89. The highest BCUT2D eigenvalue weighted by Gasteiger charge is 2.30. The Morgan fingerprint density at radius 2 is 1.77 bits per heavy atom. The largest absolute Gasteiger partial charge is 0.391 e. The number of tetrazole rings is 1. The molecule has 1 saturated carbocycles. The molecule has 2 heterocycles. The van der Waals surface area contributed by atoms with E-state index in [4.69, 9.17) is 0 Å². The van der Waals surface area contributed by atoms with E-state index in [9.17, 15) is 5.11 Å². The third kappa shape index (κ3) is 3.83. The molecule has 7 nitrogen and oxygen atoms in total. The normalized spacial score (nSPS) is 22.9. The lowest BCUT2D eigenvalue weighted by Crippen LogP contribution is -2.50. The molecular formula is C15H28N6O. The molecule has 1 aromatic rings. The number of aliphatic hydroxyl groups excluding tert-OH is 1. The first kappa shape index (κ1) is 15.8. The van der Waals surface area contributed by atoms with Gasteiger partial charge in [0, 0.05) is 32.7 Å². The monoisotopic (exact) mass is 308 g/mol. The third-order valence-electron chi connectivity index (χ3n) is 4.71. The summed E-state index contributed by atoms with van der Waals surface area (Å²) in [6, 6.07) is 0.535. The van der Waals surface area contributed by atoms with Crippen molar-refractivity contribution in [1.29, 1.82) is 0 Å². The summed E-state index contributed by atoms with van der Waals surface area (Å²) in [7, 11) is 0. The highest BCUT2D eigenvalue weighted by Crippen LogP contribution is 2.34. The van der Waals surface area contributed by atoms with Crippen LogP contribution in [-0.4, -0.2) is 73.9 Å². The van der Waals surface area contributed by atoms with Crippen molar-refractivity contribution in [2.75, 3.05) is 32.7 Å². The molecule has 0 amide bonds. The fourth-order valence-electron chi connectivity index (χ4n) is 2.77. The van der Waals surface area contributed by atoms with Crippen LogP contribution >= 0.6 is 0 Å². The number of aromatic nitrogens is 4. The van der Waals surface area contributed by atoms with Crippen LogP contribution in [0.5, 0.6) is 0 Å². The Balaban J connectivity index is 1.46. The molecule has 0 radical (unpaired) electrons. The van der Waals surface area contributed by atoms with E-state index in [2.05, 4.69) is 46.1 Å². The summed E-state index contributed by atoms with van der Waals surface area (Å²) in [5.41, 5.74) is -0.0521. The van der Waals surface area contributed by atoms with Gasteiger partial charge < -0.3 is 5.11 Å². The first-order valence-corrected chi connectivity index (χ1v) is 8.33.